The maximum Gasteiger partial charge on any atom is 0.0457 e. The van der Waals surface area contributed by atoms with Crippen LogP contribution in [0.3, 0.4) is 0 Å². The van der Waals surface area contributed by atoms with Gasteiger partial charge >= 0.3 is 0 Å². The van der Waals surface area contributed by atoms with E-state index in [0.29, 0.717) is 0 Å². The van der Waals surface area contributed by atoms with Crippen LogP contribution in [-0.2, 0) is 6.42 Å². The third-order valence-electron chi connectivity index (χ3n) is 2.33. The maximum absolute atomic E-state index is 3.10. The van der Waals surface area contributed by atoms with Crippen LogP contribution in [0.1, 0.15) is 44.9 Å². The van der Waals surface area contributed by atoms with Crippen molar-refractivity contribution in [3.05, 3.63) is 40.3 Å². The van der Waals surface area contributed by atoms with Gasteiger partial charge in [0.1, 0.15) is 0 Å². The summed E-state index contributed by atoms with van der Waals surface area (Å²) < 4.78 is 0. The van der Waals surface area contributed by atoms with Gasteiger partial charge in [-0.1, -0.05) is 46.4 Å². The topological polar surface area (TPSA) is 12.0 Å². The molecule has 0 amide bonds. The molecule has 0 bridgehead atoms. The van der Waals surface area contributed by atoms with Crippen LogP contribution in [0.4, 0.5) is 0 Å². The van der Waals surface area contributed by atoms with E-state index in [2.05, 4.69) is 48.8 Å². The Balaban J connectivity index is 0. The van der Waals surface area contributed by atoms with Crippen molar-refractivity contribution in [1.82, 2.24) is 5.32 Å². The fourth-order valence-corrected chi connectivity index (χ4v) is 1.99. The van der Waals surface area contributed by atoms with Gasteiger partial charge in [0.25, 0.3) is 0 Å². The predicted octanol–water partition coefficient (Wildman–Crippen LogP) is 5.10. The second-order valence-corrected chi connectivity index (χ2v) is 4.40. The molecular weight excluding hydrogens is 238 g/mol. The first-order valence-electron chi connectivity index (χ1n) is 6.30. The molecule has 0 aromatic heterocycles. The largest absolute Gasteiger partial charge is 0.311 e. The Morgan fingerprint density at radius 2 is 1.94 bits per heavy atom. The number of hydrogen-bond donors (Lipinski definition) is 1. The molecule has 1 rings (SSSR count). The molecule has 0 radical (unpaired) electrons. The van der Waals surface area contributed by atoms with Gasteiger partial charge in [-0.05, 0) is 48.6 Å². The Morgan fingerprint density at radius 3 is 2.44 bits per heavy atom. The Hall–Kier alpha value is -0.730. The maximum atomic E-state index is 3.10. The number of nitrogens with one attached hydrogen (secondary N) is 1. The molecule has 1 nitrogen and oxygen atoms in total. The van der Waals surface area contributed by atoms with Crippen molar-refractivity contribution in [1.29, 1.82) is 0 Å². The summed E-state index contributed by atoms with van der Waals surface area (Å²) in [6.45, 7) is 8.37. The first-order valence-corrected chi connectivity index (χ1v) is 7.35. The summed E-state index contributed by atoms with van der Waals surface area (Å²) in [5.74, 6) is 0.961. The van der Waals surface area contributed by atoms with E-state index in [4.69, 9.17) is 0 Å². The van der Waals surface area contributed by atoms with Crippen molar-refractivity contribution >= 4 is 17.8 Å². The van der Waals surface area contributed by atoms with E-state index >= 15 is 0 Å². The molecule has 0 heterocycles. The summed E-state index contributed by atoms with van der Waals surface area (Å²) in [5, 5.41) is 5.23. The van der Waals surface area contributed by atoms with E-state index in [1.165, 1.54) is 16.7 Å². The molecule has 0 fully saturated rings. The smallest absolute Gasteiger partial charge is 0.0457 e. The third kappa shape index (κ3) is 7.57. The van der Waals surface area contributed by atoms with Gasteiger partial charge < -0.3 is 5.32 Å². The number of thioether (sulfide) groups is 1. The van der Waals surface area contributed by atoms with Gasteiger partial charge in [-0.3, -0.25) is 0 Å². The number of rotatable bonds is 5. The first kappa shape index (κ1) is 19.6. The summed E-state index contributed by atoms with van der Waals surface area (Å²) in [6, 6.07) is 6.65. The second-order valence-electron chi connectivity index (χ2n) is 3.51. The normalized spacial score (nSPS) is 9.61. The van der Waals surface area contributed by atoms with Crippen molar-refractivity contribution in [3.63, 3.8) is 0 Å². The van der Waals surface area contributed by atoms with E-state index in [1.54, 1.807) is 11.8 Å². The van der Waals surface area contributed by atoms with Crippen LogP contribution in [0.15, 0.2) is 23.6 Å². The second kappa shape index (κ2) is 12.7. The average molecular weight is 267 g/mol. The number of hydrogen-bond acceptors (Lipinski definition) is 2. The van der Waals surface area contributed by atoms with Gasteiger partial charge in [0.05, 0.1) is 0 Å². The van der Waals surface area contributed by atoms with Gasteiger partial charge in [-0.25, -0.2) is 0 Å². The summed E-state index contributed by atoms with van der Waals surface area (Å²) in [7, 11) is 1.96. The van der Waals surface area contributed by atoms with Crippen molar-refractivity contribution in [3.8, 4) is 0 Å². The zero-order valence-electron chi connectivity index (χ0n) is 11.7. The molecule has 0 aliphatic heterocycles. The Bertz CT molecular complexity index is 332. The van der Waals surface area contributed by atoms with Gasteiger partial charge in [0.15, 0.2) is 0 Å². The van der Waals surface area contributed by atoms with Gasteiger partial charge in [-0.2, -0.15) is 0 Å². The van der Waals surface area contributed by atoms with Gasteiger partial charge in [0.2, 0.25) is 0 Å². The van der Waals surface area contributed by atoms with E-state index in [0.717, 1.165) is 12.3 Å². The van der Waals surface area contributed by atoms with Crippen LogP contribution in [0.5, 0.6) is 0 Å². The van der Waals surface area contributed by atoms with E-state index in [-0.39, 0.29) is 7.43 Å². The molecule has 0 aliphatic rings. The molecule has 2 heteroatoms. The lowest BCUT2D eigenvalue weighted by atomic mass is 10.0. The van der Waals surface area contributed by atoms with Crippen molar-refractivity contribution < 1.29 is 0 Å². The van der Waals surface area contributed by atoms with Crippen molar-refractivity contribution in [2.45, 2.75) is 41.5 Å². The minimum absolute atomic E-state index is 0. The van der Waals surface area contributed by atoms with Crippen LogP contribution in [0.2, 0.25) is 0 Å². The molecule has 104 valence electrons. The predicted molar refractivity (Wildman–Crippen MR) is 89.2 cm³/mol. The summed E-state index contributed by atoms with van der Waals surface area (Å²) in [5.41, 5.74) is 4.11. The SMILES string of the molecule is C.CC.CCc1ccc(/C=C/SCNC)cc1C. The van der Waals surface area contributed by atoms with Crippen molar-refractivity contribution in [2.24, 2.45) is 0 Å². The quantitative estimate of drug-likeness (QED) is 0.588. The highest BCUT2D eigenvalue weighted by atomic mass is 32.2. The molecule has 1 aromatic rings. The van der Waals surface area contributed by atoms with E-state index in [9.17, 15) is 0 Å². The molecule has 0 atom stereocenters. The highest BCUT2D eigenvalue weighted by Crippen LogP contribution is 2.14. The molecule has 1 aromatic carbocycles. The zero-order valence-corrected chi connectivity index (χ0v) is 12.5. The van der Waals surface area contributed by atoms with E-state index in [1.807, 2.05) is 20.9 Å². The lowest BCUT2D eigenvalue weighted by Crippen LogP contribution is -2.01. The fourth-order valence-electron chi connectivity index (χ4n) is 1.48. The summed E-state index contributed by atoms with van der Waals surface area (Å²) >= 11 is 1.77. The monoisotopic (exact) mass is 267 g/mol. The number of aryl methyl sites for hydroxylation is 2. The number of benzene rings is 1. The zero-order chi connectivity index (χ0) is 13.1. The molecular formula is C16H29NS. The molecule has 1 N–H and O–H groups in total. The van der Waals surface area contributed by atoms with Crippen LogP contribution < -0.4 is 5.32 Å². The molecule has 0 unspecified atom stereocenters. The minimum atomic E-state index is 0. The highest BCUT2D eigenvalue weighted by Gasteiger charge is 1.95. The Morgan fingerprint density at radius 1 is 1.28 bits per heavy atom. The fraction of sp³-hybridized carbons (Fsp3) is 0.500. The van der Waals surface area contributed by atoms with E-state index < -0.39 is 0 Å². The standard InChI is InChI=1S/C13H19NS.C2H6.CH4/c1-4-13-6-5-12(9-11(13)2)7-8-15-10-14-3;1-2;/h5-9,14H,4,10H2,1-3H3;1-2H3;1H4/b8-7+;;. The Kier molecular flexibility index (Phi) is 13.9. The molecule has 0 aliphatic carbocycles. The first-order chi connectivity index (χ1) is 8.27. The molecule has 0 saturated carbocycles. The summed E-state index contributed by atoms with van der Waals surface area (Å²) in [6.07, 6.45) is 3.28. The van der Waals surface area contributed by atoms with Crippen LogP contribution in [0.25, 0.3) is 6.08 Å². The lowest BCUT2D eigenvalue weighted by molar-refractivity contribution is 0.985. The Labute approximate surface area is 118 Å². The van der Waals surface area contributed by atoms with Crippen LogP contribution in [0, 0.1) is 6.92 Å². The summed E-state index contributed by atoms with van der Waals surface area (Å²) in [4.78, 5) is 0. The minimum Gasteiger partial charge on any atom is -0.311 e. The average Bonchev–Trinajstić information content (AvgIpc) is 2.37. The van der Waals surface area contributed by atoms with Crippen molar-refractivity contribution in [2.75, 3.05) is 12.9 Å². The third-order valence-corrected chi connectivity index (χ3v) is 3.12. The molecule has 0 saturated heterocycles. The molecule has 18 heavy (non-hydrogen) atoms. The van der Waals surface area contributed by atoms with Crippen LogP contribution >= 0.6 is 11.8 Å². The van der Waals surface area contributed by atoms with Gasteiger partial charge in [0, 0.05) is 5.88 Å². The lowest BCUT2D eigenvalue weighted by Gasteiger charge is -2.03. The van der Waals surface area contributed by atoms with Gasteiger partial charge in [-0.15, -0.1) is 11.8 Å². The van der Waals surface area contributed by atoms with Crippen LogP contribution in [-0.4, -0.2) is 12.9 Å². The molecule has 0 spiro atoms. The highest BCUT2D eigenvalue weighted by molar-refractivity contribution is 8.02.